The van der Waals surface area contributed by atoms with Gasteiger partial charge in [-0.05, 0) is 24.1 Å². The fourth-order valence-corrected chi connectivity index (χ4v) is 3.10. The number of aromatic nitrogens is 2. The third kappa shape index (κ3) is 3.19. The Labute approximate surface area is 145 Å². The molecule has 2 heterocycles. The first-order valence-electron chi connectivity index (χ1n) is 7.82. The van der Waals surface area contributed by atoms with Gasteiger partial charge in [0, 0.05) is 37.0 Å². The van der Waals surface area contributed by atoms with E-state index in [-0.39, 0.29) is 18.6 Å². The molecule has 0 fully saturated rings. The molecule has 1 N–H and O–H groups in total. The number of nitrogens with one attached hydrogen (secondary N) is 1. The summed E-state index contributed by atoms with van der Waals surface area (Å²) >= 11 is 6.14. The SMILES string of the molecule is CC(C)[C@H](CNC(=O)c1cc(Cl)c2c(c1)OCO2)c1ccnn1C. The van der Waals surface area contributed by atoms with Gasteiger partial charge >= 0.3 is 0 Å². The molecule has 1 aromatic carbocycles. The van der Waals surface area contributed by atoms with Crippen LogP contribution in [0, 0.1) is 5.92 Å². The highest BCUT2D eigenvalue weighted by atomic mass is 35.5. The molecule has 0 spiro atoms. The van der Waals surface area contributed by atoms with E-state index in [1.165, 1.54) is 0 Å². The van der Waals surface area contributed by atoms with Crippen LogP contribution in [0.2, 0.25) is 5.02 Å². The van der Waals surface area contributed by atoms with Gasteiger partial charge in [-0.2, -0.15) is 5.10 Å². The van der Waals surface area contributed by atoms with Crippen LogP contribution >= 0.6 is 11.6 Å². The molecule has 0 aliphatic carbocycles. The molecular formula is C17H20ClN3O3. The van der Waals surface area contributed by atoms with E-state index in [2.05, 4.69) is 24.3 Å². The maximum atomic E-state index is 12.5. The Bertz CT molecular complexity index is 758. The lowest BCUT2D eigenvalue weighted by Crippen LogP contribution is -2.31. The molecule has 24 heavy (non-hydrogen) atoms. The standard InChI is InChI=1S/C17H20ClN3O3/c1-10(2)12(14-4-5-20-21(14)3)8-19-17(22)11-6-13(18)16-15(7-11)23-9-24-16/h4-7,10,12H,8-9H2,1-3H3,(H,19,22)/t12-/m0/s1. The zero-order valence-electron chi connectivity index (χ0n) is 13.9. The van der Waals surface area contributed by atoms with Crippen molar-refractivity contribution < 1.29 is 14.3 Å². The summed E-state index contributed by atoms with van der Waals surface area (Å²) in [5, 5.41) is 7.57. The Hall–Kier alpha value is -2.21. The van der Waals surface area contributed by atoms with Crippen LogP contribution in [0.4, 0.5) is 0 Å². The topological polar surface area (TPSA) is 65.4 Å². The van der Waals surface area contributed by atoms with E-state index in [4.69, 9.17) is 21.1 Å². The molecule has 1 aliphatic rings. The highest BCUT2D eigenvalue weighted by Crippen LogP contribution is 2.39. The number of carbonyl (C=O) groups is 1. The maximum absolute atomic E-state index is 12.5. The molecule has 1 atom stereocenters. The van der Waals surface area contributed by atoms with E-state index in [0.717, 1.165) is 5.69 Å². The molecule has 1 amide bonds. The minimum absolute atomic E-state index is 0.121. The van der Waals surface area contributed by atoms with E-state index in [1.54, 1.807) is 18.3 Å². The number of ether oxygens (including phenoxy) is 2. The van der Waals surface area contributed by atoms with Crippen molar-refractivity contribution in [3.63, 3.8) is 0 Å². The monoisotopic (exact) mass is 349 g/mol. The zero-order chi connectivity index (χ0) is 17.3. The number of hydrogen-bond acceptors (Lipinski definition) is 4. The first-order chi connectivity index (χ1) is 11.5. The van der Waals surface area contributed by atoms with Crippen LogP contribution in [0.15, 0.2) is 24.4 Å². The Morgan fingerprint density at radius 1 is 1.42 bits per heavy atom. The van der Waals surface area contributed by atoms with Crippen molar-refractivity contribution in [3.05, 3.63) is 40.7 Å². The van der Waals surface area contributed by atoms with Crippen molar-refractivity contribution in [1.82, 2.24) is 15.1 Å². The average Bonchev–Trinajstić information content (AvgIpc) is 3.16. The molecule has 1 aromatic heterocycles. The molecule has 7 heteroatoms. The van der Waals surface area contributed by atoms with Crippen molar-refractivity contribution in [2.45, 2.75) is 19.8 Å². The molecule has 6 nitrogen and oxygen atoms in total. The van der Waals surface area contributed by atoms with Crippen LogP contribution in [0.1, 0.15) is 35.8 Å². The highest BCUT2D eigenvalue weighted by molar-refractivity contribution is 6.32. The van der Waals surface area contributed by atoms with Crippen LogP contribution in [0.25, 0.3) is 0 Å². The summed E-state index contributed by atoms with van der Waals surface area (Å²) < 4.78 is 12.4. The Kier molecular flexibility index (Phi) is 4.66. The van der Waals surface area contributed by atoms with Crippen molar-refractivity contribution in [2.75, 3.05) is 13.3 Å². The number of halogens is 1. The van der Waals surface area contributed by atoms with Crippen LogP contribution in [0.3, 0.4) is 0 Å². The lowest BCUT2D eigenvalue weighted by molar-refractivity contribution is 0.0948. The van der Waals surface area contributed by atoms with E-state index in [0.29, 0.717) is 34.5 Å². The van der Waals surface area contributed by atoms with Gasteiger partial charge in [-0.3, -0.25) is 9.48 Å². The Morgan fingerprint density at radius 2 is 2.21 bits per heavy atom. The highest BCUT2D eigenvalue weighted by Gasteiger charge is 2.23. The van der Waals surface area contributed by atoms with Crippen molar-refractivity contribution in [2.24, 2.45) is 13.0 Å². The number of amides is 1. The van der Waals surface area contributed by atoms with Crippen LogP contribution < -0.4 is 14.8 Å². The van der Waals surface area contributed by atoms with E-state index >= 15 is 0 Å². The first-order valence-corrected chi connectivity index (χ1v) is 8.20. The number of rotatable bonds is 5. The van der Waals surface area contributed by atoms with Gasteiger partial charge in [-0.25, -0.2) is 0 Å². The quantitative estimate of drug-likeness (QED) is 0.901. The number of fused-ring (bicyclic) bond motifs is 1. The zero-order valence-corrected chi connectivity index (χ0v) is 14.6. The third-order valence-electron chi connectivity index (χ3n) is 4.22. The minimum Gasteiger partial charge on any atom is -0.454 e. The van der Waals surface area contributed by atoms with E-state index in [9.17, 15) is 4.79 Å². The maximum Gasteiger partial charge on any atom is 0.251 e. The van der Waals surface area contributed by atoms with Gasteiger partial charge in [-0.1, -0.05) is 25.4 Å². The summed E-state index contributed by atoms with van der Waals surface area (Å²) in [6.07, 6.45) is 1.77. The summed E-state index contributed by atoms with van der Waals surface area (Å²) in [6, 6.07) is 5.23. The van der Waals surface area contributed by atoms with Gasteiger partial charge in [0.2, 0.25) is 6.79 Å². The molecule has 2 aromatic rings. The molecule has 128 valence electrons. The van der Waals surface area contributed by atoms with Crippen molar-refractivity contribution in [3.8, 4) is 11.5 Å². The largest absolute Gasteiger partial charge is 0.454 e. The molecular weight excluding hydrogens is 330 g/mol. The number of hydrogen-bond donors (Lipinski definition) is 1. The minimum atomic E-state index is -0.192. The third-order valence-corrected chi connectivity index (χ3v) is 4.50. The second-order valence-electron chi connectivity index (χ2n) is 6.13. The number of aryl methyl sites for hydroxylation is 1. The fourth-order valence-electron chi connectivity index (χ4n) is 2.83. The summed E-state index contributed by atoms with van der Waals surface area (Å²) in [7, 11) is 1.91. The molecule has 0 unspecified atom stereocenters. The molecule has 0 radical (unpaired) electrons. The lowest BCUT2D eigenvalue weighted by atomic mass is 9.92. The number of carbonyl (C=O) groups excluding carboxylic acids is 1. The lowest BCUT2D eigenvalue weighted by Gasteiger charge is -2.21. The fraction of sp³-hybridized carbons (Fsp3) is 0.412. The second kappa shape index (κ2) is 6.73. The van der Waals surface area contributed by atoms with Crippen LogP contribution in [0.5, 0.6) is 11.5 Å². The van der Waals surface area contributed by atoms with Gasteiger partial charge in [0.1, 0.15) is 0 Å². The van der Waals surface area contributed by atoms with Gasteiger partial charge in [0.15, 0.2) is 11.5 Å². The smallest absolute Gasteiger partial charge is 0.251 e. The molecule has 1 aliphatic heterocycles. The summed E-state index contributed by atoms with van der Waals surface area (Å²) in [5.74, 6) is 1.33. The van der Waals surface area contributed by atoms with Gasteiger partial charge in [0.05, 0.1) is 5.02 Å². The van der Waals surface area contributed by atoms with Gasteiger partial charge < -0.3 is 14.8 Å². The summed E-state index contributed by atoms with van der Waals surface area (Å²) in [4.78, 5) is 12.5. The first kappa shape index (κ1) is 16.6. The molecule has 0 saturated heterocycles. The van der Waals surface area contributed by atoms with E-state index in [1.807, 2.05) is 17.8 Å². The Balaban J connectivity index is 1.73. The predicted octanol–water partition coefficient (Wildman–Crippen LogP) is 2.97. The summed E-state index contributed by atoms with van der Waals surface area (Å²) in [6.45, 7) is 4.89. The average molecular weight is 350 g/mol. The second-order valence-corrected chi connectivity index (χ2v) is 6.54. The van der Waals surface area contributed by atoms with Gasteiger partial charge in [-0.15, -0.1) is 0 Å². The molecule has 3 rings (SSSR count). The normalized spacial score (nSPS) is 14.0. The van der Waals surface area contributed by atoms with Gasteiger partial charge in [0.25, 0.3) is 5.91 Å². The molecule has 0 saturated carbocycles. The van der Waals surface area contributed by atoms with Crippen molar-refractivity contribution >= 4 is 17.5 Å². The number of nitrogens with zero attached hydrogens (tertiary/aromatic N) is 2. The number of benzene rings is 1. The Morgan fingerprint density at radius 3 is 2.88 bits per heavy atom. The van der Waals surface area contributed by atoms with Crippen LogP contribution in [-0.4, -0.2) is 29.0 Å². The van der Waals surface area contributed by atoms with Crippen molar-refractivity contribution in [1.29, 1.82) is 0 Å². The van der Waals surface area contributed by atoms with E-state index < -0.39 is 0 Å². The summed E-state index contributed by atoms with van der Waals surface area (Å²) in [5.41, 5.74) is 1.55. The predicted molar refractivity (Wildman–Crippen MR) is 90.7 cm³/mol. The molecule has 0 bridgehead atoms. The van der Waals surface area contributed by atoms with Crippen LogP contribution in [-0.2, 0) is 7.05 Å².